The number of ether oxygens (including phenoxy) is 1. The summed E-state index contributed by atoms with van der Waals surface area (Å²) in [6.45, 7) is 1.51. The molecule has 0 amide bonds. The minimum Gasteiger partial charge on any atom is -0.382 e. The second kappa shape index (κ2) is 3.85. The lowest BCUT2D eigenvalue weighted by Crippen LogP contribution is -2.16. The largest absolute Gasteiger partial charge is 0.382 e. The Balaban J connectivity index is 2.03. The summed E-state index contributed by atoms with van der Waals surface area (Å²) in [5.41, 5.74) is 12.5. The molecule has 0 aliphatic carbocycles. The van der Waals surface area contributed by atoms with Crippen molar-refractivity contribution in [2.24, 2.45) is 0 Å². The number of aromatic amines is 1. The van der Waals surface area contributed by atoms with Crippen LogP contribution in [-0.4, -0.2) is 33.1 Å². The molecule has 17 heavy (non-hydrogen) atoms. The van der Waals surface area contributed by atoms with Crippen molar-refractivity contribution in [1.82, 2.24) is 19.9 Å². The number of fused-ring (bicyclic) bond motifs is 1. The van der Waals surface area contributed by atoms with Crippen LogP contribution in [0, 0.1) is 0 Å². The molecule has 3 rings (SSSR count). The maximum Gasteiger partial charge on any atom is 0.224 e. The maximum absolute atomic E-state index is 5.77. The zero-order valence-electron chi connectivity index (χ0n) is 9.31. The standard InChI is InChI=1S/C10H14N6O/c11-7-6-9(16-10(12)14-7)15-8(13-6)5-2-1-3-17-4-5/h5H,1-4H2,(H5,11,12,13,14,15,16). The van der Waals surface area contributed by atoms with E-state index in [1.807, 2.05) is 0 Å². The average molecular weight is 234 g/mol. The number of nitrogens with two attached hydrogens (primary N) is 2. The second-order valence-electron chi connectivity index (χ2n) is 4.20. The monoisotopic (exact) mass is 234 g/mol. The van der Waals surface area contributed by atoms with Crippen LogP contribution in [0.1, 0.15) is 24.6 Å². The van der Waals surface area contributed by atoms with Crippen molar-refractivity contribution < 1.29 is 4.74 Å². The molecule has 0 saturated carbocycles. The number of aromatic nitrogens is 4. The molecule has 1 atom stereocenters. The lowest BCUT2D eigenvalue weighted by Gasteiger charge is -2.19. The summed E-state index contributed by atoms with van der Waals surface area (Å²) < 4.78 is 5.43. The van der Waals surface area contributed by atoms with Crippen LogP contribution in [0.4, 0.5) is 11.8 Å². The van der Waals surface area contributed by atoms with Crippen LogP contribution in [0.2, 0.25) is 0 Å². The molecule has 0 aromatic carbocycles. The van der Waals surface area contributed by atoms with E-state index in [-0.39, 0.29) is 11.9 Å². The van der Waals surface area contributed by atoms with Gasteiger partial charge in [-0.1, -0.05) is 0 Å². The Morgan fingerprint density at radius 2 is 2.12 bits per heavy atom. The van der Waals surface area contributed by atoms with Gasteiger partial charge in [0, 0.05) is 12.5 Å². The SMILES string of the molecule is Nc1nc(N)c2[nH]c(C3CCCOC3)nc2n1. The zero-order chi connectivity index (χ0) is 11.8. The first-order valence-corrected chi connectivity index (χ1v) is 5.60. The highest BCUT2D eigenvalue weighted by molar-refractivity contribution is 5.82. The van der Waals surface area contributed by atoms with E-state index in [4.69, 9.17) is 16.2 Å². The lowest BCUT2D eigenvalue weighted by atomic mass is 10.0. The van der Waals surface area contributed by atoms with Crippen LogP contribution in [0.25, 0.3) is 11.2 Å². The van der Waals surface area contributed by atoms with E-state index in [1.54, 1.807) is 0 Å². The Morgan fingerprint density at radius 1 is 1.24 bits per heavy atom. The number of H-pyrrole nitrogens is 1. The van der Waals surface area contributed by atoms with Crippen molar-refractivity contribution in [2.75, 3.05) is 24.7 Å². The third-order valence-corrected chi connectivity index (χ3v) is 2.96. The Morgan fingerprint density at radius 3 is 2.88 bits per heavy atom. The molecule has 2 aromatic heterocycles. The van der Waals surface area contributed by atoms with Gasteiger partial charge in [-0.2, -0.15) is 9.97 Å². The molecule has 7 heteroatoms. The Bertz CT molecular complexity index is 545. The van der Waals surface area contributed by atoms with Crippen LogP contribution in [0.15, 0.2) is 0 Å². The van der Waals surface area contributed by atoms with Gasteiger partial charge in [0.05, 0.1) is 6.61 Å². The van der Waals surface area contributed by atoms with Crippen molar-refractivity contribution in [1.29, 1.82) is 0 Å². The molecule has 3 heterocycles. The minimum absolute atomic E-state index is 0.146. The summed E-state index contributed by atoms with van der Waals surface area (Å²) in [6, 6.07) is 0. The number of nitrogens with zero attached hydrogens (tertiary/aromatic N) is 3. The Kier molecular flexibility index (Phi) is 2.32. The van der Waals surface area contributed by atoms with E-state index < -0.39 is 0 Å². The Hall–Kier alpha value is -1.89. The summed E-state index contributed by atoms with van der Waals surface area (Å²) in [5.74, 6) is 1.61. The lowest BCUT2D eigenvalue weighted by molar-refractivity contribution is 0.0784. The van der Waals surface area contributed by atoms with Gasteiger partial charge in [-0.15, -0.1) is 0 Å². The number of hydrogen-bond acceptors (Lipinski definition) is 6. The van der Waals surface area contributed by atoms with Crippen molar-refractivity contribution in [3.05, 3.63) is 5.82 Å². The molecular formula is C10H14N6O. The van der Waals surface area contributed by atoms with E-state index in [1.165, 1.54) is 0 Å². The molecule has 0 bridgehead atoms. The van der Waals surface area contributed by atoms with Gasteiger partial charge in [-0.05, 0) is 12.8 Å². The third-order valence-electron chi connectivity index (χ3n) is 2.96. The minimum atomic E-state index is 0.146. The number of rotatable bonds is 1. The molecule has 0 radical (unpaired) electrons. The van der Waals surface area contributed by atoms with Gasteiger partial charge in [0.25, 0.3) is 0 Å². The molecule has 1 aliphatic heterocycles. The van der Waals surface area contributed by atoms with Gasteiger partial charge in [0.1, 0.15) is 11.3 Å². The first kappa shape index (κ1) is 10.3. The Labute approximate surface area is 97.6 Å². The van der Waals surface area contributed by atoms with E-state index >= 15 is 0 Å². The van der Waals surface area contributed by atoms with E-state index in [0.29, 0.717) is 23.6 Å². The summed E-state index contributed by atoms with van der Waals surface area (Å²) in [6.07, 6.45) is 2.10. The van der Waals surface area contributed by atoms with Crippen LogP contribution >= 0.6 is 0 Å². The highest BCUT2D eigenvalue weighted by Crippen LogP contribution is 2.26. The summed E-state index contributed by atoms with van der Waals surface area (Å²) >= 11 is 0. The van der Waals surface area contributed by atoms with Crippen LogP contribution in [0.5, 0.6) is 0 Å². The molecule has 1 unspecified atom stereocenters. The molecule has 7 nitrogen and oxygen atoms in total. The highest BCUT2D eigenvalue weighted by atomic mass is 16.5. The molecule has 1 aliphatic rings. The van der Waals surface area contributed by atoms with E-state index in [9.17, 15) is 0 Å². The predicted molar refractivity (Wildman–Crippen MR) is 63.3 cm³/mol. The van der Waals surface area contributed by atoms with Crippen molar-refractivity contribution in [3.8, 4) is 0 Å². The number of imidazole rings is 1. The summed E-state index contributed by atoms with van der Waals surface area (Å²) in [5, 5.41) is 0. The van der Waals surface area contributed by atoms with Gasteiger partial charge in [0.15, 0.2) is 11.5 Å². The predicted octanol–water partition coefficient (Wildman–Crippen LogP) is 0.411. The fourth-order valence-electron chi connectivity index (χ4n) is 2.10. The quantitative estimate of drug-likeness (QED) is 0.658. The average Bonchev–Trinajstić information content (AvgIpc) is 2.74. The molecular weight excluding hydrogens is 220 g/mol. The van der Waals surface area contributed by atoms with Crippen molar-refractivity contribution in [3.63, 3.8) is 0 Å². The molecule has 2 aromatic rings. The van der Waals surface area contributed by atoms with E-state index in [0.717, 1.165) is 25.3 Å². The van der Waals surface area contributed by atoms with Crippen LogP contribution < -0.4 is 11.5 Å². The molecule has 0 spiro atoms. The van der Waals surface area contributed by atoms with Crippen molar-refractivity contribution in [2.45, 2.75) is 18.8 Å². The van der Waals surface area contributed by atoms with Gasteiger partial charge in [0.2, 0.25) is 5.95 Å². The molecule has 90 valence electrons. The van der Waals surface area contributed by atoms with Crippen molar-refractivity contribution >= 4 is 22.9 Å². The normalized spacial score (nSPS) is 20.8. The second-order valence-corrected chi connectivity index (χ2v) is 4.20. The number of anilines is 2. The third kappa shape index (κ3) is 1.78. The fourth-order valence-corrected chi connectivity index (χ4v) is 2.10. The molecule has 1 saturated heterocycles. The summed E-state index contributed by atoms with van der Waals surface area (Å²) in [4.78, 5) is 15.5. The molecule has 5 N–H and O–H groups in total. The first-order chi connectivity index (χ1) is 8.24. The maximum atomic E-state index is 5.77. The topological polar surface area (TPSA) is 116 Å². The van der Waals surface area contributed by atoms with E-state index in [2.05, 4.69) is 19.9 Å². The highest BCUT2D eigenvalue weighted by Gasteiger charge is 2.20. The molecule has 1 fully saturated rings. The fraction of sp³-hybridized carbons (Fsp3) is 0.500. The van der Waals surface area contributed by atoms with Gasteiger partial charge in [-0.25, -0.2) is 4.98 Å². The van der Waals surface area contributed by atoms with Crippen LogP contribution in [-0.2, 0) is 4.74 Å². The van der Waals surface area contributed by atoms with Crippen LogP contribution in [0.3, 0.4) is 0 Å². The first-order valence-electron chi connectivity index (χ1n) is 5.60. The van der Waals surface area contributed by atoms with Gasteiger partial charge in [-0.3, -0.25) is 0 Å². The number of hydrogen-bond donors (Lipinski definition) is 3. The smallest absolute Gasteiger partial charge is 0.224 e. The number of nitrogen functional groups attached to an aromatic ring is 2. The van der Waals surface area contributed by atoms with Gasteiger partial charge >= 0.3 is 0 Å². The number of nitrogens with one attached hydrogen (secondary N) is 1. The van der Waals surface area contributed by atoms with Gasteiger partial charge < -0.3 is 21.2 Å². The summed E-state index contributed by atoms with van der Waals surface area (Å²) in [7, 11) is 0. The zero-order valence-corrected chi connectivity index (χ0v) is 9.31.